The second-order valence-electron chi connectivity index (χ2n) is 8.56. The van der Waals surface area contributed by atoms with E-state index in [9.17, 15) is 5.11 Å². The number of nitrogens with one attached hydrogen (secondary N) is 1. The molecule has 0 saturated heterocycles. The molecule has 2 aromatic heterocycles. The molecule has 7 nitrogen and oxygen atoms in total. The predicted octanol–water partition coefficient (Wildman–Crippen LogP) is 11.6. The van der Waals surface area contributed by atoms with E-state index >= 15 is 0 Å². The van der Waals surface area contributed by atoms with Crippen molar-refractivity contribution in [3.05, 3.63) is 84.4 Å². The van der Waals surface area contributed by atoms with Crippen LogP contribution in [0, 0.1) is 6.92 Å². The number of hydrogen-bond donors (Lipinski definition) is 3. The highest BCUT2D eigenvalue weighted by atomic mass is 35.5. The van der Waals surface area contributed by atoms with Crippen molar-refractivity contribution in [2.75, 3.05) is 7.05 Å². The number of benzene rings is 3. The summed E-state index contributed by atoms with van der Waals surface area (Å²) in [5.41, 5.74) is 2.96. The SMILES string of the molecule is C.C.C.CCC[C@H](NC)C(O)c1nc2cc(Cl)cc(Cl)c2o1.Cc1cc(Cl)cc(Cl)c1O.Clc1cc(Cl)c2ocnc2c1. The maximum Gasteiger partial charge on any atom is 0.226 e. The van der Waals surface area contributed by atoms with Crippen LogP contribution in [0.3, 0.4) is 0 Å². The summed E-state index contributed by atoms with van der Waals surface area (Å²) in [7, 11) is 1.80. The fourth-order valence-electron chi connectivity index (χ4n) is 3.64. The fraction of sp³-hybridized carbons (Fsp3) is 0.333. The summed E-state index contributed by atoms with van der Waals surface area (Å²) in [5.74, 6) is 0.359. The van der Waals surface area contributed by atoms with E-state index in [1.165, 1.54) is 12.5 Å². The van der Waals surface area contributed by atoms with Crippen molar-refractivity contribution in [2.24, 2.45) is 0 Å². The minimum Gasteiger partial charge on any atom is -0.506 e. The predicted molar refractivity (Wildman–Crippen MR) is 184 cm³/mol. The molecule has 2 heterocycles. The standard InChI is InChI=1S/C13H16Cl2N2O2.C7H3Cl2NO.C7H6Cl2O.3CH4/c1-3-4-9(16-2)11(18)13-17-10-6-7(14)5-8(15)12(10)19-13;8-4-1-5(9)7-6(2-4)10-3-11-7;1-4-2-5(8)3-6(9)7(4)10;;;/h5-6,9,11,16,18H,3-4H2,1-2H3;1-3H;2-3,10H,1H3;3*1H4/t9-,11?;;;;;/m0...../s1. The first-order valence-corrected chi connectivity index (χ1v) is 14.2. The first kappa shape index (κ1) is 41.1. The number of aromatic nitrogens is 2. The Balaban J connectivity index is 0.000000635. The maximum atomic E-state index is 10.3. The normalized spacial score (nSPS) is 11.6. The summed E-state index contributed by atoms with van der Waals surface area (Å²) < 4.78 is 10.6. The van der Waals surface area contributed by atoms with Crippen LogP contribution in [0.25, 0.3) is 22.2 Å². The zero-order chi connectivity index (χ0) is 29.6. The minimum atomic E-state index is -0.813. The summed E-state index contributed by atoms with van der Waals surface area (Å²) in [4.78, 5) is 8.16. The summed E-state index contributed by atoms with van der Waals surface area (Å²) in [5, 5.41) is 25.3. The van der Waals surface area contributed by atoms with Gasteiger partial charge in [0.15, 0.2) is 17.6 Å². The van der Waals surface area contributed by atoms with Crippen molar-refractivity contribution >= 4 is 91.8 Å². The molecule has 0 fully saturated rings. The Hall–Kier alpha value is -1.94. The van der Waals surface area contributed by atoms with Crippen LogP contribution < -0.4 is 5.32 Å². The van der Waals surface area contributed by atoms with Crippen molar-refractivity contribution < 1.29 is 19.0 Å². The molecule has 2 atom stereocenters. The third-order valence-electron chi connectivity index (χ3n) is 5.60. The molecule has 3 N–H and O–H groups in total. The number of oxazole rings is 2. The van der Waals surface area contributed by atoms with Crippen LogP contribution in [-0.4, -0.2) is 33.3 Å². The van der Waals surface area contributed by atoms with E-state index in [0.717, 1.165) is 12.8 Å². The number of nitrogens with zero attached hydrogens (tertiary/aromatic N) is 2. The Morgan fingerprint density at radius 2 is 1.35 bits per heavy atom. The van der Waals surface area contributed by atoms with Gasteiger partial charge in [-0.25, -0.2) is 9.97 Å². The van der Waals surface area contributed by atoms with Crippen molar-refractivity contribution in [3.8, 4) is 5.75 Å². The number of halogens is 6. The van der Waals surface area contributed by atoms with E-state index in [2.05, 4.69) is 22.2 Å². The van der Waals surface area contributed by atoms with E-state index in [0.29, 0.717) is 57.9 Å². The number of aromatic hydroxyl groups is 1. The molecule has 0 saturated carbocycles. The van der Waals surface area contributed by atoms with E-state index in [-0.39, 0.29) is 40.0 Å². The Morgan fingerprint density at radius 3 is 1.91 bits per heavy atom. The number of likely N-dealkylation sites (N-methyl/N-ethyl adjacent to an activating group) is 1. The van der Waals surface area contributed by atoms with E-state index in [4.69, 9.17) is 83.5 Å². The van der Waals surface area contributed by atoms with Crippen molar-refractivity contribution in [3.63, 3.8) is 0 Å². The van der Waals surface area contributed by atoms with Crippen LogP contribution in [0.2, 0.25) is 30.1 Å². The van der Waals surface area contributed by atoms with Crippen LogP contribution in [-0.2, 0) is 0 Å². The molecule has 1 unspecified atom stereocenters. The topological polar surface area (TPSA) is 105 Å². The Bertz CT molecular complexity index is 1570. The third kappa shape index (κ3) is 10.9. The number of rotatable bonds is 5. The molecule has 0 radical (unpaired) electrons. The molecule has 0 bridgehead atoms. The Morgan fingerprint density at radius 1 is 0.814 bits per heavy atom. The molecule has 0 aliphatic heterocycles. The zero-order valence-electron chi connectivity index (χ0n) is 21.5. The van der Waals surface area contributed by atoms with Gasteiger partial charge in [0.25, 0.3) is 0 Å². The van der Waals surface area contributed by atoms with Crippen molar-refractivity contribution in [1.29, 1.82) is 0 Å². The van der Waals surface area contributed by atoms with Gasteiger partial charge in [0.05, 0.1) is 15.1 Å². The fourth-order valence-corrected chi connectivity index (χ4v) is 5.28. The largest absolute Gasteiger partial charge is 0.506 e. The van der Waals surface area contributed by atoms with Gasteiger partial charge in [0, 0.05) is 21.1 Å². The summed E-state index contributed by atoms with van der Waals surface area (Å²) >= 11 is 34.7. The number of aliphatic hydroxyl groups is 1. The Labute approximate surface area is 283 Å². The van der Waals surface area contributed by atoms with Gasteiger partial charge in [-0.05, 0) is 62.4 Å². The first-order chi connectivity index (χ1) is 18.9. The lowest BCUT2D eigenvalue weighted by Gasteiger charge is -2.18. The monoisotopic (exact) mass is 713 g/mol. The summed E-state index contributed by atoms with van der Waals surface area (Å²) in [6.45, 7) is 3.80. The van der Waals surface area contributed by atoms with E-state index < -0.39 is 6.10 Å². The molecule has 13 heteroatoms. The molecule has 0 spiro atoms. The maximum absolute atomic E-state index is 10.3. The van der Waals surface area contributed by atoms with Crippen LogP contribution in [0.15, 0.2) is 51.6 Å². The third-order valence-corrected chi connectivity index (χ3v) is 7.10. The van der Waals surface area contributed by atoms with E-state index in [1.54, 1.807) is 44.3 Å². The number of phenols is 1. The van der Waals surface area contributed by atoms with Crippen molar-refractivity contribution in [1.82, 2.24) is 15.3 Å². The van der Waals surface area contributed by atoms with Gasteiger partial charge in [0.1, 0.15) is 22.9 Å². The lowest BCUT2D eigenvalue weighted by Crippen LogP contribution is -2.32. The molecular weight excluding hydrogens is 679 g/mol. The van der Waals surface area contributed by atoms with Crippen LogP contribution in [0.4, 0.5) is 0 Å². The molecule has 5 rings (SSSR count). The van der Waals surface area contributed by atoms with E-state index in [1.807, 2.05) is 0 Å². The summed E-state index contributed by atoms with van der Waals surface area (Å²) in [6.07, 6.45) is 2.31. The van der Waals surface area contributed by atoms with Crippen LogP contribution in [0.1, 0.15) is 59.6 Å². The lowest BCUT2D eigenvalue weighted by atomic mass is 10.1. The highest BCUT2D eigenvalue weighted by Crippen LogP contribution is 2.32. The molecule has 0 amide bonds. The molecule has 3 aromatic carbocycles. The number of aliphatic hydroxyl groups excluding tert-OH is 1. The van der Waals surface area contributed by atoms with Crippen LogP contribution in [0.5, 0.6) is 5.75 Å². The first-order valence-electron chi connectivity index (χ1n) is 11.9. The Kier molecular flexibility index (Phi) is 17.9. The van der Waals surface area contributed by atoms with Gasteiger partial charge in [-0.2, -0.15) is 0 Å². The number of fused-ring (bicyclic) bond motifs is 2. The highest BCUT2D eigenvalue weighted by Gasteiger charge is 2.24. The van der Waals surface area contributed by atoms with Gasteiger partial charge in [-0.1, -0.05) is 105 Å². The smallest absolute Gasteiger partial charge is 0.226 e. The number of hydrogen-bond acceptors (Lipinski definition) is 7. The second-order valence-corrected chi connectivity index (χ2v) is 11.1. The average Bonchev–Trinajstić information content (AvgIpc) is 3.54. The molecule has 43 heavy (non-hydrogen) atoms. The van der Waals surface area contributed by atoms with Gasteiger partial charge >= 0.3 is 0 Å². The van der Waals surface area contributed by atoms with Gasteiger partial charge in [-0.3, -0.25) is 0 Å². The van der Waals surface area contributed by atoms with Gasteiger partial charge in [-0.15, -0.1) is 0 Å². The molecule has 5 aromatic rings. The van der Waals surface area contributed by atoms with Crippen LogP contribution >= 0.6 is 69.6 Å². The summed E-state index contributed by atoms with van der Waals surface area (Å²) in [6, 6.07) is 9.63. The minimum absolute atomic E-state index is 0. The number of phenolic OH excluding ortho intramolecular Hbond substituents is 1. The number of aryl methyl sites for hydroxylation is 1. The second kappa shape index (κ2) is 18.8. The average molecular weight is 716 g/mol. The van der Waals surface area contributed by atoms with Gasteiger partial charge in [0.2, 0.25) is 5.89 Å². The highest BCUT2D eigenvalue weighted by molar-refractivity contribution is 6.38. The molecule has 0 aliphatic carbocycles. The van der Waals surface area contributed by atoms with Crippen molar-refractivity contribution in [2.45, 2.75) is 61.1 Å². The van der Waals surface area contributed by atoms with Gasteiger partial charge < -0.3 is 24.4 Å². The quantitative estimate of drug-likeness (QED) is 0.166. The zero-order valence-corrected chi connectivity index (χ0v) is 26.0. The molecule has 238 valence electrons. The lowest BCUT2D eigenvalue weighted by molar-refractivity contribution is 0.101. The molecular formula is C30H37Cl6N3O4. The molecule has 0 aliphatic rings.